The number of para-hydroxylation sites is 1. The van der Waals surface area contributed by atoms with Crippen molar-refractivity contribution >= 4 is 17.4 Å². The summed E-state index contributed by atoms with van der Waals surface area (Å²) >= 11 is 1.58. The Bertz CT molecular complexity index is 1240. The minimum absolute atomic E-state index is 0.451. The minimum Gasteiger partial charge on any atom is -0.489 e. The zero-order valence-electron chi connectivity index (χ0n) is 18.3. The van der Waals surface area contributed by atoms with Gasteiger partial charge in [-0.25, -0.2) is 0 Å². The van der Waals surface area contributed by atoms with Gasteiger partial charge in [0.05, 0.1) is 0 Å². The zero-order chi connectivity index (χ0) is 22.5. The van der Waals surface area contributed by atoms with E-state index in [0.29, 0.717) is 23.3 Å². The van der Waals surface area contributed by atoms with Crippen LogP contribution in [0.25, 0.3) is 11.3 Å². The van der Waals surface area contributed by atoms with Crippen molar-refractivity contribution in [2.24, 2.45) is 0 Å². The Hall–Kier alpha value is -3.58. The highest BCUT2D eigenvalue weighted by Gasteiger charge is 2.26. The molecule has 0 radical (unpaired) electrons. The number of nitrogens with zero attached hydrogens (tertiary/aromatic N) is 3. The molecule has 0 amide bonds. The van der Waals surface area contributed by atoms with E-state index in [2.05, 4.69) is 39.6 Å². The molecule has 0 saturated heterocycles. The SMILES string of the molecule is CCCSc1nnc2c(n1)O[C@@H](c1cccc(OCc3ccccc3)c1)Nc1ccccc1-2. The maximum atomic E-state index is 6.37. The highest BCUT2D eigenvalue weighted by Crippen LogP contribution is 2.39. The molecule has 0 fully saturated rings. The molecule has 2 heterocycles. The molecule has 0 saturated carbocycles. The maximum Gasteiger partial charge on any atom is 0.247 e. The van der Waals surface area contributed by atoms with Crippen LogP contribution in [0.1, 0.15) is 30.7 Å². The Labute approximate surface area is 197 Å². The monoisotopic (exact) mass is 456 g/mol. The first kappa shape index (κ1) is 21.3. The van der Waals surface area contributed by atoms with Crippen LogP contribution in [0.4, 0.5) is 5.69 Å². The predicted octanol–water partition coefficient (Wildman–Crippen LogP) is 6.12. The molecule has 4 aromatic rings. The third-order valence-corrected chi connectivity index (χ3v) is 6.22. The number of thioether (sulfide) groups is 1. The van der Waals surface area contributed by atoms with Gasteiger partial charge in [-0.15, -0.1) is 10.2 Å². The van der Waals surface area contributed by atoms with Crippen LogP contribution in [0, 0.1) is 0 Å². The number of rotatable bonds is 7. The summed E-state index contributed by atoms with van der Waals surface area (Å²) in [6, 6.07) is 26.0. The number of benzene rings is 3. The second-order valence-corrected chi connectivity index (χ2v) is 8.69. The molecule has 0 unspecified atom stereocenters. The molecule has 7 heteroatoms. The van der Waals surface area contributed by atoms with Crippen LogP contribution in [0.5, 0.6) is 11.6 Å². The number of ether oxygens (including phenoxy) is 2. The lowest BCUT2D eigenvalue weighted by Gasteiger charge is -2.20. The molecule has 1 aliphatic rings. The van der Waals surface area contributed by atoms with Crippen LogP contribution in [0.15, 0.2) is 84.0 Å². The molecule has 166 valence electrons. The lowest BCUT2D eigenvalue weighted by molar-refractivity contribution is 0.224. The van der Waals surface area contributed by atoms with E-state index in [-0.39, 0.29) is 0 Å². The zero-order valence-corrected chi connectivity index (χ0v) is 19.1. The van der Waals surface area contributed by atoms with E-state index in [1.807, 2.05) is 66.7 Å². The van der Waals surface area contributed by atoms with Crippen molar-refractivity contribution in [2.75, 3.05) is 11.1 Å². The van der Waals surface area contributed by atoms with Gasteiger partial charge in [-0.05, 0) is 30.2 Å². The minimum atomic E-state index is -0.451. The highest BCUT2D eigenvalue weighted by molar-refractivity contribution is 7.99. The topological polar surface area (TPSA) is 69.2 Å². The number of hydrogen-bond acceptors (Lipinski definition) is 7. The summed E-state index contributed by atoms with van der Waals surface area (Å²) in [6.45, 7) is 2.63. The molecular formula is C26H24N4O2S. The average molecular weight is 457 g/mol. The van der Waals surface area contributed by atoms with Crippen molar-refractivity contribution in [3.63, 3.8) is 0 Å². The van der Waals surface area contributed by atoms with Gasteiger partial charge in [0.2, 0.25) is 11.0 Å². The molecule has 33 heavy (non-hydrogen) atoms. The first-order valence-electron chi connectivity index (χ1n) is 11.0. The van der Waals surface area contributed by atoms with Crippen molar-refractivity contribution in [1.29, 1.82) is 0 Å². The lowest BCUT2D eigenvalue weighted by atomic mass is 10.1. The molecule has 6 nitrogen and oxygen atoms in total. The van der Waals surface area contributed by atoms with Gasteiger partial charge in [-0.3, -0.25) is 0 Å². The summed E-state index contributed by atoms with van der Waals surface area (Å²) < 4.78 is 12.4. The maximum absolute atomic E-state index is 6.37. The predicted molar refractivity (Wildman–Crippen MR) is 130 cm³/mol. The molecule has 5 rings (SSSR count). The molecule has 1 aliphatic heterocycles. The molecule has 1 atom stereocenters. The number of aromatic nitrogens is 3. The van der Waals surface area contributed by atoms with Crippen molar-refractivity contribution in [1.82, 2.24) is 15.2 Å². The number of nitrogens with one attached hydrogen (secondary N) is 1. The Morgan fingerprint density at radius 1 is 0.970 bits per heavy atom. The van der Waals surface area contributed by atoms with Gasteiger partial charge in [0.25, 0.3) is 0 Å². The molecule has 1 aromatic heterocycles. The average Bonchev–Trinajstić information content (AvgIpc) is 3.03. The molecule has 0 bridgehead atoms. The largest absolute Gasteiger partial charge is 0.489 e. The van der Waals surface area contributed by atoms with E-state index >= 15 is 0 Å². The first-order chi connectivity index (χ1) is 16.3. The third-order valence-electron chi connectivity index (χ3n) is 5.18. The van der Waals surface area contributed by atoms with Crippen LogP contribution in [-0.4, -0.2) is 20.9 Å². The van der Waals surface area contributed by atoms with Gasteiger partial charge in [-0.2, -0.15) is 4.98 Å². The van der Waals surface area contributed by atoms with Gasteiger partial charge in [0.15, 0.2) is 11.9 Å². The van der Waals surface area contributed by atoms with E-state index < -0.39 is 6.23 Å². The van der Waals surface area contributed by atoms with Crippen LogP contribution in [0.2, 0.25) is 0 Å². The molecule has 3 aromatic carbocycles. The number of anilines is 1. The second-order valence-electron chi connectivity index (χ2n) is 7.63. The van der Waals surface area contributed by atoms with E-state index in [9.17, 15) is 0 Å². The lowest BCUT2D eigenvalue weighted by Crippen LogP contribution is -2.17. The molecular weight excluding hydrogens is 432 g/mol. The van der Waals surface area contributed by atoms with Gasteiger partial charge in [0.1, 0.15) is 12.4 Å². The number of hydrogen-bond donors (Lipinski definition) is 1. The van der Waals surface area contributed by atoms with Crippen molar-refractivity contribution in [2.45, 2.75) is 31.3 Å². The van der Waals surface area contributed by atoms with E-state index in [1.54, 1.807) is 11.8 Å². The van der Waals surface area contributed by atoms with Gasteiger partial charge in [0, 0.05) is 22.6 Å². The van der Waals surface area contributed by atoms with E-state index in [0.717, 1.165) is 40.3 Å². The van der Waals surface area contributed by atoms with Crippen LogP contribution < -0.4 is 14.8 Å². The normalized spacial score (nSPS) is 14.3. The highest BCUT2D eigenvalue weighted by atomic mass is 32.2. The summed E-state index contributed by atoms with van der Waals surface area (Å²) in [6.07, 6.45) is 0.586. The standard InChI is InChI=1S/C26H24N4O2S/c1-2-15-33-26-28-25-23(29-30-26)21-13-6-7-14-22(21)27-24(32-25)19-11-8-12-20(16-19)31-17-18-9-4-3-5-10-18/h3-14,16,24,27H,2,15,17H2,1H3/t24-/m0/s1. The third kappa shape index (κ3) is 4.93. The van der Waals surface area contributed by atoms with E-state index in [1.165, 1.54) is 0 Å². The Morgan fingerprint density at radius 2 is 1.82 bits per heavy atom. The molecule has 0 aliphatic carbocycles. The fourth-order valence-electron chi connectivity index (χ4n) is 3.56. The van der Waals surface area contributed by atoms with Crippen molar-refractivity contribution in [3.8, 4) is 22.9 Å². The second kappa shape index (κ2) is 9.92. The van der Waals surface area contributed by atoms with Crippen LogP contribution in [-0.2, 0) is 6.61 Å². The van der Waals surface area contributed by atoms with Crippen LogP contribution >= 0.6 is 11.8 Å². The first-order valence-corrected chi connectivity index (χ1v) is 12.0. The molecule has 1 N–H and O–H groups in total. The number of fused-ring (bicyclic) bond motifs is 3. The molecule has 0 spiro atoms. The Kier molecular flexibility index (Phi) is 6.39. The Morgan fingerprint density at radius 3 is 2.70 bits per heavy atom. The van der Waals surface area contributed by atoms with Crippen molar-refractivity contribution < 1.29 is 9.47 Å². The summed E-state index contributed by atoms with van der Waals surface area (Å²) in [4.78, 5) is 4.68. The van der Waals surface area contributed by atoms with Gasteiger partial charge < -0.3 is 14.8 Å². The Balaban J connectivity index is 1.44. The smallest absolute Gasteiger partial charge is 0.247 e. The van der Waals surface area contributed by atoms with Crippen LogP contribution in [0.3, 0.4) is 0 Å². The van der Waals surface area contributed by atoms with E-state index in [4.69, 9.17) is 9.47 Å². The summed E-state index contributed by atoms with van der Waals surface area (Å²) in [5, 5.41) is 12.9. The summed E-state index contributed by atoms with van der Waals surface area (Å²) in [7, 11) is 0. The van der Waals surface area contributed by atoms with Crippen molar-refractivity contribution in [3.05, 3.63) is 90.0 Å². The quantitative estimate of drug-likeness (QED) is 0.336. The fraction of sp³-hybridized carbons (Fsp3) is 0.192. The summed E-state index contributed by atoms with van der Waals surface area (Å²) in [5.74, 6) is 2.18. The fourth-order valence-corrected chi connectivity index (χ4v) is 4.19. The van der Waals surface area contributed by atoms with Gasteiger partial charge in [-0.1, -0.05) is 79.3 Å². The summed E-state index contributed by atoms with van der Waals surface area (Å²) in [5.41, 5.74) is 4.53. The van der Waals surface area contributed by atoms with Gasteiger partial charge >= 0.3 is 0 Å².